The highest BCUT2D eigenvalue weighted by atomic mass is 35.5. The molecule has 0 radical (unpaired) electrons. The maximum Gasteiger partial charge on any atom is 0.319 e. The number of carbonyl (C=O) groups is 1. The first-order chi connectivity index (χ1) is 12.1. The molecule has 25 heavy (non-hydrogen) atoms. The Kier molecular flexibility index (Phi) is 6.91. The number of para-hydroxylation sites is 1. The molecule has 0 aliphatic heterocycles. The number of urea groups is 1. The van der Waals surface area contributed by atoms with Crippen LogP contribution < -0.4 is 20.1 Å². The van der Waals surface area contributed by atoms with Gasteiger partial charge >= 0.3 is 6.03 Å². The van der Waals surface area contributed by atoms with Gasteiger partial charge in [0.2, 0.25) is 0 Å². The van der Waals surface area contributed by atoms with E-state index in [9.17, 15) is 4.79 Å². The predicted molar refractivity (Wildman–Crippen MR) is 97.8 cm³/mol. The number of carbonyl (C=O) groups excluding carboxylic acids is 1. The summed E-state index contributed by atoms with van der Waals surface area (Å²) in [5.41, 5.74) is 1.32. The lowest BCUT2D eigenvalue weighted by molar-refractivity contribution is 0.104. The quantitative estimate of drug-likeness (QED) is 0.782. The summed E-state index contributed by atoms with van der Waals surface area (Å²) in [5.74, 6) is 0.987. The fourth-order valence-electron chi connectivity index (χ4n) is 2.39. The predicted octanol–water partition coefficient (Wildman–Crippen LogP) is 3.87. The maximum absolute atomic E-state index is 12.2. The summed E-state index contributed by atoms with van der Waals surface area (Å²) in [6.45, 7) is 0.262. The molecule has 2 aromatic rings. The zero-order valence-electron chi connectivity index (χ0n) is 14.3. The number of benzene rings is 2. The van der Waals surface area contributed by atoms with Crippen molar-refractivity contribution in [2.45, 2.75) is 6.10 Å². The number of anilines is 1. The van der Waals surface area contributed by atoms with Gasteiger partial charge in [-0.15, -0.1) is 0 Å². The molecular formula is C18H21ClN2O4. The molecule has 0 spiro atoms. The molecule has 2 N–H and O–H groups in total. The third kappa shape index (κ3) is 4.78. The van der Waals surface area contributed by atoms with Crippen LogP contribution in [0, 0.1) is 0 Å². The highest BCUT2D eigenvalue weighted by molar-refractivity contribution is 6.31. The van der Waals surface area contributed by atoms with Crippen LogP contribution in [0.2, 0.25) is 5.02 Å². The van der Waals surface area contributed by atoms with Crippen molar-refractivity contribution in [1.82, 2.24) is 5.32 Å². The lowest BCUT2D eigenvalue weighted by Gasteiger charge is -2.18. The average Bonchev–Trinajstić information content (AvgIpc) is 2.63. The number of hydrogen-bond acceptors (Lipinski definition) is 4. The van der Waals surface area contributed by atoms with Crippen molar-refractivity contribution in [1.29, 1.82) is 0 Å². The highest BCUT2D eigenvalue weighted by Crippen LogP contribution is 2.34. The fraction of sp³-hybridized carbons (Fsp3) is 0.278. The number of halogens is 1. The number of rotatable bonds is 7. The fourth-order valence-corrected chi connectivity index (χ4v) is 2.65. The van der Waals surface area contributed by atoms with Crippen LogP contribution in [0.25, 0.3) is 0 Å². The summed E-state index contributed by atoms with van der Waals surface area (Å²) in [6, 6.07) is 12.2. The van der Waals surface area contributed by atoms with Gasteiger partial charge in [-0.3, -0.25) is 0 Å². The second-order valence-electron chi connectivity index (χ2n) is 5.12. The molecule has 2 rings (SSSR count). The Morgan fingerprint density at radius 2 is 1.84 bits per heavy atom. The average molecular weight is 365 g/mol. The molecule has 0 aliphatic rings. The van der Waals surface area contributed by atoms with Crippen molar-refractivity contribution in [2.75, 3.05) is 33.2 Å². The maximum atomic E-state index is 12.2. The van der Waals surface area contributed by atoms with E-state index in [-0.39, 0.29) is 18.7 Å². The van der Waals surface area contributed by atoms with Crippen LogP contribution in [0.1, 0.15) is 11.7 Å². The number of amides is 2. The van der Waals surface area contributed by atoms with Gasteiger partial charge in [-0.2, -0.15) is 0 Å². The van der Waals surface area contributed by atoms with Crippen molar-refractivity contribution < 1.29 is 19.0 Å². The van der Waals surface area contributed by atoms with E-state index in [0.29, 0.717) is 22.2 Å². The molecule has 2 aromatic carbocycles. The van der Waals surface area contributed by atoms with Gasteiger partial charge in [-0.25, -0.2) is 4.79 Å². The van der Waals surface area contributed by atoms with E-state index in [4.69, 9.17) is 25.8 Å². The van der Waals surface area contributed by atoms with Gasteiger partial charge in [-0.05, 0) is 18.2 Å². The molecule has 134 valence electrons. The summed E-state index contributed by atoms with van der Waals surface area (Å²) < 4.78 is 15.9. The SMILES string of the molecule is COc1cccc(NC(=O)NCC(OC)c2ccccc2Cl)c1OC. The zero-order valence-corrected chi connectivity index (χ0v) is 15.1. The van der Waals surface area contributed by atoms with Gasteiger partial charge in [0.1, 0.15) is 6.10 Å². The Morgan fingerprint density at radius 3 is 2.48 bits per heavy atom. The molecular weight excluding hydrogens is 344 g/mol. The minimum Gasteiger partial charge on any atom is -0.493 e. The Hall–Kier alpha value is -2.44. The topological polar surface area (TPSA) is 68.8 Å². The number of hydrogen-bond donors (Lipinski definition) is 2. The molecule has 0 saturated carbocycles. The van der Waals surface area contributed by atoms with E-state index in [1.165, 1.54) is 14.2 Å². The van der Waals surface area contributed by atoms with E-state index in [1.807, 2.05) is 18.2 Å². The van der Waals surface area contributed by atoms with E-state index >= 15 is 0 Å². The zero-order chi connectivity index (χ0) is 18.2. The first kappa shape index (κ1) is 18.9. The van der Waals surface area contributed by atoms with Crippen LogP contribution in [-0.2, 0) is 4.74 Å². The van der Waals surface area contributed by atoms with Gasteiger partial charge in [0.25, 0.3) is 0 Å². The minimum atomic E-state index is -0.388. The molecule has 1 atom stereocenters. The molecule has 1 unspecified atom stereocenters. The van der Waals surface area contributed by atoms with Crippen LogP contribution >= 0.6 is 11.6 Å². The Balaban J connectivity index is 2.02. The third-order valence-corrected chi connectivity index (χ3v) is 3.98. The lowest BCUT2D eigenvalue weighted by Crippen LogP contribution is -2.33. The highest BCUT2D eigenvalue weighted by Gasteiger charge is 2.16. The molecule has 0 aromatic heterocycles. The normalized spacial score (nSPS) is 11.5. The first-order valence-corrected chi connectivity index (χ1v) is 8.01. The van der Waals surface area contributed by atoms with Gasteiger partial charge in [0, 0.05) is 24.2 Å². The van der Waals surface area contributed by atoms with E-state index in [0.717, 1.165) is 5.56 Å². The van der Waals surface area contributed by atoms with Gasteiger partial charge in [0.05, 0.1) is 19.9 Å². The molecule has 6 nitrogen and oxygen atoms in total. The van der Waals surface area contributed by atoms with Crippen molar-refractivity contribution in [3.05, 3.63) is 53.1 Å². The van der Waals surface area contributed by atoms with Crippen molar-refractivity contribution >= 4 is 23.3 Å². The van der Waals surface area contributed by atoms with Gasteiger partial charge in [0.15, 0.2) is 11.5 Å². The van der Waals surface area contributed by atoms with Crippen LogP contribution in [0.5, 0.6) is 11.5 Å². The molecule has 0 aliphatic carbocycles. The van der Waals surface area contributed by atoms with E-state index in [2.05, 4.69) is 10.6 Å². The lowest BCUT2D eigenvalue weighted by atomic mass is 10.1. The summed E-state index contributed by atoms with van der Waals surface area (Å²) in [7, 11) is 4.62. The molecule has 0 fully saturated rings. The standard InChI is InChI=1S/C18H21ClN2O4/c1-23-15-10-6-9-14(17(15)25-3)21-18(22)20-11-16(24-2)12-7-4-5-8-13(12)19/h4-10,16H,11H2,1-3H3,(H2,20,21,22). The molecule has 0 bridgehead atoms. The minimum absolute atomic E-state index is 0.262. The third-order valence-electron chi connectivity index (χ3n) is 3.64. The van der Waals surface area contributed by atoms with Gasteiger partial charge in [-0.1, -0.05) is 35.9 Å². The molecule has 2 amide bonds. The van der Waals surface area contributed by atoms with Crippen molar-refractivity contribution in [2.24, 2.45) is 0 Å². The largest absolute Gasteiger partial charge is 0.493 e. The number of ether oxygens (including phenoxy) is 3. The smallest absolute Gasteiger partial charge is 0.319 e. The number of nitrogens with one attached hydrogen (secondary N) is 2. The second kappa shape index (κ2) is 9.15. The van der Waals surface area contributed by atoms with Crippen LogP contribution in [-0.4, -0.2) is 33.9 Å². The van der Waals surface area contributed by atoms with E-state index in [1.54, 1.807) is 31.4 Å². The second-order valence-corrected chi connectivity index (χ2v) is 5.53. The summed E-state index contributed by atoms with van der Waals surface area (Å²) in [4.78, 5) is 12.2. The molecule has 0 heterocycles. The van der Waals surface area contributed by atoms with Crippen molar-refractivity contribution in [3.63, 3.8) is 0 Å². The summed E-state index contributed by atoms with van der Waals surface area (Å²) >= 11 is 6.18. The van der Waals surface area contributed by atoms with Crippen LogP contribution in [0.4, 0.5) is 10.5 Å². The van der Waals surface area contributed by atoms with Crippen LogP contribution in [0.3, 0.4) is 0 Å². The summed E-state index contributed by atoms with van der Waals surface area (Å²) in [5, 5.41) is 6.09. The number of methoxy groups -OCH3 is 3. The van der Waals surface area contributed by atoms with Gasteiger partial charge < -0.3 is 24.8 Å². The summed E-state index contributed by atoms with van der Waals surface area (Å²) in [6.07, 6.45) is -0.355. The molecule has 7 heteroatoms. The monoisotopic (exact) mass is 364 g/mol. The van der Waals surface area contributed by atoms with Crippen molar-refractivity contribution in [3.8, 4) is 11.5 Å². The molecule has 0 saturated heterocycles. The first-order valence-electron chi connectivity index (χ1n) is 7.63. The van der Waals surface area contributed by atoms with Crippen LogP contribution in [0.15, 0.2) is 42.5 Å². The Morgan fingerprint density at radius 1 is 1.08 bits per heavy atom. The Labute approximate surface area is 152 Å². The Bertz CT molecular complexity index is 724. The van der Waals surface area contributed by atoms with E-state index < -0.39 is 0 Å².